The van der Waals surface area contributed by atoms with Gasteiger partial charge >= 0.3 is 5.97 Å². The molecule has 2 aromatic carbocycles. The van der Waals surface area contributed by atoms with Crippen LogP contribution in [-0.4, -0.2) is 25.1 Å². The van der Waals surface area contributed by atoms with Gasteiger partial charge in [-0.2, -0.15) is 0 Å². The Morgan fingerprint density at radius 3 is 2.54 bits per heavy atom. The van der Waals surface area contributed by atoms with E-state index in [-0.39, 0.29) is 5.82 Å². The number of hydrogen-bond donors (Lipinski definition) is 1. The molecular weight excluding hydrogens is 357 g/mol. The summed E-state index contributed by atoms with van der Waals surface area (Å²) >= 11 is 1.19. The number of thiophene rings is 1. The van der Waals surface area contributed by atoms with Crippen LogP contribution in [0, 0.1) is 5.82 Å². The molecule has 0 aliphatic rings. The minimum absolute atomic E-state index is 0.315. The van der Waals surface area contributed by atoms with Crippen LogP contribution in [0.1, 0.15) is 16.6 Å². The molecule has 0 spiro atoms. The first-order valence-corrected chi connectivity index (χ1v) is 8.63. The van der Waals surface area contributed by atoms with Gasteiger partial charge in [-0.3, -0.25) is 4.79 Å². The van der Waals surface area contributed by atoms with E-state index in [0.29, 0.717) is 21.7 Å². The van der Waals surface area contributed by atoms with Crippen LogP contribution in [0.3, 0.4) is 0 Å². The Hall–Kier alpha value is -2.93. The molecule has 0 saturated carbocycles. The van der Waals surface area contributed by atoms with E-state index in [1.165, 1.54) is 30.4 Å². The number of benzene rings is 2. The van der Waals surface area contributed by atoms with E-state index in [0.717, 1.165) is 4.70 Å². The van der Waals surface area contributed by atoms with Crippen LogP contribution in [0.2, 0.25) is 0 Å². The van der Waals surface area contributed by atoms with Gasteiger partial charge in [0.05, 0.1) is 7.11 Å². The third-order valence-corrected chi connectivity index (χ3v) is 4.79. The molecule has 0 bridgehead atoms. The van der Waals surface area contributed by atoms with Gasteiger partial charge in [0.1, 0.15) is 16.4 Å². The SMILES string of the molecule is COc1ccc(NC(=O)C(C)OC(=O)c2cc3cc(F)ccc3s2)cc1. The van der Waals surface area contributed by atoms with Gasteiger partial charge in [-0.1, -0.05) is 0 Å². The Morgan fingerprint density at radius 1 is 1.12 bits per heavy atom. The molecule has 26 heavy (non-hydrogen) atoms. The maximum Gasteiger partial charge on any atom is 0.349 e. The van der Waals surface area contributed by atoms with Gasteiger partial charge < -0.3 is 14.8 Å². The molecule has 1 unspecified atom stereocenters. The van der Waals surface area contributed by atoms with Gasteiger partial charge in [0.15, 0.2) is 6.10 Å². The summed E-state index contributed by atoms with van der Waals surface area (Å²) in [5.41, 5.74) is 0.566. The van der Waals surface area contributed by atoms with Crippen LogP contribution in [0.5, 0.6) is 5.75 Å². The Morgan fingerprint density at radius 2 is 1.85 bits per heavy atom. The largest absolute Gasteiger partial charge is 0.497 e. The van der Waals surface area contributed by atoms with E-state index >= 15 is 0 Å². The maximum atomic E-state index is 13.2. The van der Waals surface area contributed by atoms with Crippen molar-refractivity contribution in [3.8, 4) is 5.75 Å². The fraction of sp³-hybridized carbons (Fsp3) is 0.158. The van der Waals surface area contributed by atoms with Gasteiger partial charge in [0.2, 0.25) is 0 Å². The Kier molecular flexibility index (Phi) is 5.18. The zero-order valence-corrected chi connectivity index (χ0v) is 14.9. The van der Waals surface area contributed by atoms with E-state index in [2.05, 4.69) is 5.32 Å². The van der Waals surface area contributed by atoms with Crippen LogP contribution in [0.4, 0.5) is 10.1 Å². The molecule has 1 amide bonds. The molecule has 1 aromatic heterocycles. The Labute approximate surface area is 153 Å². The summed E-state index contributed by atoms with van der Waals surface area (Å²) in [7, 11) is 1.55. The summed E-state index contributed by atoms with van der Waals surface area (Å²) in [5.74, 6) is -0.772. The first-order valence-electron chi connectivity index (χ1n) is 7.81. The number of methoxy groups -OCH3 is 1. The number of amides is 1. The summed E-state index contributed by atoms with van der Waals surface area (Å²) in [6, 6.07) is 12.6. The van der Waals surface area contributed by atoms with Gasteiger partial charge in [-0.15, -0.1) is 11.3 Å². The third-order valence-electron chi connectivity index (χ3n) is 3.69. The first kappa shape index (κ1) is 17.9. The minimum Gasteiger partial charge on any atom is -0.497 e. The lowest BCUT2D eigenvalue weighted by molar-refractivity contribution is -0.123. The van der Waals surface area contributed by atoms with E-state index in [1.54, 1.807) is 43.5 Å². The highest BCUT2D eigenvalue weighted by Crippen LogP contribution is 2.27. The fourth-order valence-electron chi connectivity index (χ4n) is 2.31. The molecule has 0 aliphatic heterocycles. The fourth-order valence-corrected chi connectivity index (χ4v) is 3.23. The molecule has 1 atom stereocenters. The average Bonchev–Trinajstić information content (AvgIpc) is 3.05. The molecular formula is C19H16FNO4S. The molecule has 3 aromatic rings. The van der Waals surface area contributed by atoms with Crippen molar-refractivity contribution in [2.24, 2.45) is 0 Å². The van der Waals surface area contributed by atoms with E-state index in [1.807, 2.05) is 0 Å². The van der Waals surface area contributed by atoms with Crippen molar-refractivity contribution in [3.05, 3.63) is 59.2 Å². The third kappa shape index (κ3) is 4.00. The summed E-state index contributed by atoms with van der Waals surface area (Å²) in [4.78, 5) is 24.7. The maximum absolute atomic E-state index is 13.2. The van der Waals surface area contributed by atoms with Crippen molar-refractivity contribution in [2.45, 2.75) is 13.0 Å². The van der Waals surface area contributed by atoms with Crippen LogP contribution >= 0.6 is 11.3 Å². The molecule has 3 rings (SSSR count). The van der Waals surface area contributed by atoms with Crippen molar-refractivity contribution in [2.75, 3.05) is 12.4 Å². The lowest BCUT2D eigenvalue weighted by Crippen LogP contribution is -2.29. The van der Waals surface area contributed by atoms with Crippen molar-refractivity contribution in [3.63, 3.8) is 0 Å². The molecule has 134 valence electrons. The van der Waals surface area contributed by atoms with Crippen molar-refractivity contribution >= 4 is 39.0 Å². The summed E-state index contributed by atoms with van der Waals surface area (Å²) in [6.45, 7) is 1.49. The van der Waals surface area contributed by atoms with Crippen LogP contribution in [0.15, 0.2) is 48.5 Å². The number of halogens is 1. The average molecular weight is 373 g/mol. The highest BCUT2D eigenvalue weighted by atomic mass is 32.1. The highest BCUT2D eigenvalue weighted by Gasteiger charge is 2.20. The van der Waals surface area contributed by atoms with Crippen LogP contribution in [-0.2, 0) is 9.53 Å². The molecule has 1 heterocycles. The summed E-state index contributed by atoms with van der Waals surface area (Å²) < 4.78 is 24.3. The van der Waals surface area contributed by atoms with Gasteiger partial charge in [0, 0.05) is 10.4 Å². The monoisotopic (exact) mass is 373 g/mol. The zero-order chi connectivity index (χ0) is 18.7. The number of anilines is 1. The number of carbonyl (C=O) groups excluding carboxylic acids is 2. The number of nitrogens with one attached hydrogen (secondary N) is 1. The van der Waals surface area contributed by atoms with Crippen LogP contribution < -0.4 is 10.1 Å². The van der Waals surface area contributed by atoms with E-state index < -0.39 is 18.0 Å². The van der Waals surface area contributed by atoms with Gasteiger partial charge in [0.25, 0.3) is 5.91 Å². The number of hydrogen-bond acceptors (Lipinski definition) is 5. The molecule has 5 nitrogen and oxygen atoms in total. The second kappa shape index (κ2) is 7.53. The number of carbonyl (C=O) groups is 2. The van der Waals surface area contributed by atoms with E-state index in [9.17, 15) is 14.0 Å². The molecule has 0 aliphatic carbocycles. The number of rotatable bonds is 5. The number of esters is 1. The van der Waals surface area contributed by atoms with Gasteiger partial charge in [-0.05, 0) is 60.8 Å². The van der Waals surface area contributed by atoms with Crippen molar-refractivity contribution < 1.29 is 23.5 Å². The minimum atomic E-state index is -0.980. The lowest BCUT2D eigenvalue weighted by atomic mass is 10.2. The second-order valence-corrected chi connectivity index (χ2v) is 6.64. The lowest BCUT2D eigenvalue weighted by Gasteiger charge is -2.13. The highest BCUT2D eigenvalue weighted by molar-refractivity contribution is 7.20. The predicted molar refractivity (Wildman–Crippen MR) is 98.3 cm³/mol. The molecule has 0 fully saturated rings. The zero-order valence-electron chi connectivity index (χ0n) is 14.1. The molecule has 0 radical (unpaired) electrons. The Balaban J connectivity index is 1.64. The normalized spacial score (nSPS) is 11.8. The topological polar surface area (TPSA) is 64.6 Å². The van der Waals surface area contributed by atoms with E-state index in [4.69, 9.17) is 9.47 Å². The number of fused-ring (bicyclic) bond motifs is 1. The van der Waals surface area contributed by atoms with Gasteiger partial charge in [-0.25, -0.2) is 9.18 Å². The smallest absolute Gasteiger partial charge is 0.349 e. The number of ether oxygens (including phenoxy) is 2. The van der Waals surface area contributed by atoms with Crippen molar-refractivity contribution in [1.82, 2.24) is 0 Å². The summed E-state index contributed by atoms with van der Waals surface area (Å²) in [5, 5.41) is 3.29. The standard InChI is InChI=1S/C19H16FNO4S/c1-11(18(22)21-14-4-6-15(24-2)7-5-14)25-19(23)17-10-12-9-13(20)3-8-16(12)26-17/h3-11H,1-2H3,(H,21,22). The second-order valence-electron chi connectivity index (χ2n) is 5.56. The Bertz CT molecular complexity index is 952. The molecule has 1 N–H and O–H groups in total. The molecule has 0 saturated heterocycles. The van der Waals surface area contributed by atoms with Crippen molar-refractivity contribution in [1.29, 1.82) is 0 Å². The predicted octanol–water partition coefficient (Wildman–Crippen LogP) is 4.23. The van der Waals surface area contributed by atoms with Crippen LogP contribution in [0.25, 0.3) is 10.1 Å². The first-order chi connectivity index (χ1) is 12.5. The summed E-state index contributed by atoms with van der Waals surface area (Å²) in [6.07, 6.45) is -0.980. The molecule has 7 heteroatoms. The quantitative estimate of drug-likeness (QED) is 0.680.